The van der Waals surface area contributed by atoms with Crippen molar-refractivity contribution in [3.05, 3.63) is 0 Å². The number of halogens is 3. The minimum absolute atomic E-state index is 0.0508. The molecule has 2 fully saturated rings. The predicted octanol–water partition coefficient (Wildman–Crippen LogP) is 1.19. The number of nitrogens with zero attached hydrogens (tertiary/aromatic N) is 2. The van der Waals surface area contributed by atoms with Crippen molar-refractivity contribution in [3.63, 3.8) is 0 Å². The number of aliphatic imine (C=N–C) groups is 1. The van der Waals surface area contributed by atoms with Crippen LogP contribution in [0, 0.1) is 5.92 Å². The third kappa shape index (κ3) is 2.17. The van der Waals surface area contributed by atoms with E-state index in [-0.39, 0.29) is 6.42 Å². The van der Waals surface area contributed by atoms with Gasteiger partial charge in [0.25, 0.3) is 6.02 Å². The molecule has 0 aromatic rings. The van der Waals surface area contributed by atoms with Gasteiger partial charge in [-0.2, -0.15) is 0 Å². The molecule has 7 heteroatoms. The first-order valence-electron chi connectivity index (χ1n) is 6.67. The lowest BCUT2D eigenvalue weighted by molar-refractivity contribution is -0.0995. The Balaban J connectivity index is 1.75. The molecule has 1 saturated heterocycles. The lowest BCUT2D eigenvalue weighted by atomic mass is 9.81. The Kier molecular flexibility index (Phi) is 3.32. The van der Waals surface area contributed by atoms with E-state index in [1.807, 2.05) is 4.90 Å². The summed E-state index contributed by atoms with van der Waals surface area (Å²) in [6.45, 7) is 1.60. The van der Waals surface area contributed by atoms with E-state index < -0.39 is 36.8 Å². The van der Waals surface area contributed by atoms with Gasteiger partial charge >= 0.3 is 0 Å². The van der Waals surface area contributed by atoms with E-state index in [4.69, 9.17) is 4.74 Å². The molecule has 4 nitrogen and oxygen atoms in total. The van der Waals surface area contributed by atoms with Crippen molar-refractivity contribution in [2.75, 3.05) is 13.1 Å². The molecule has 108 valence electrons. The predicted molar refractivity (Wildman–Crippen MR) is 61.9 cm³/mol. The third-order valence-electron chi connectivity index (χ3n) is 4.19. The van der Waals surface area contributed by atoms with Crippen molar-refractivity contribution < 1.29 is 23.0 Å². The highest BCUT2D eigenvalue weighted by atomic mass is 19.3. The smallest absolute Gasteiger partial charge is 0.288 e. The molecule has 0 spiro atoms. The van der Waals surface area contributed by atoms with Crippen molar-refractivity contribution in [1.82, 2.24) is 4.90 Å². The van der Waals surface area contributed by atoms with Crippen molar-refractivity contribution in [3.8, 4) is 0 Å². The largest absolute Gasteiger partial charge is 0.459 e. The summed E-state index contributed by atoms with van der Waals surface area (Å²) in [6, 6.07) is -0.488. The highest BCUT2D eigenvalue weighted by molar-refractivity contribution is 5.76. The van der Waals surface area contributed by atoms with Crippen molar-refractivity contribution in [2.24, 2.45) is 10.9 Å². The number of fused-ring (bicyclic) bond motifs is 1. The third-order valence-corrected chi connectivity index (χ3v) is 4.19. The van der Waals surface area contributed by atoms with Gasteiger partial charge in [0, 0.05) is 13.1 Å². The van der Waals surface area contributed by atoms with Crippen LogP contribution in [0.15, 0.2) is 4.99 Å². The molecule has 19 heavy (non-hydrogen) atoms. The second kappa shape index (κ2) is 4.85. The molecule has 0 aromatic heterocycles. The minimum Gasteiger partial charge on any atom is -0.459 e. The molecule has 1 aliphatic carbocycles. The molecule has 0 amide bonds. The van der Waals surface area contributed by atoms with E-state index in [2.05, 4.69) is 4.99 Å². The number of amidine groups is 1. The summed E-state index contributed by atoms with van der Waals surface area (Å²) in [6.07, 6.45) is -4.85. The van der Waals surface area contributed by atoms with Crippen molar-refractivity contribution >= 4 is 6.02 Å². The second-order valence-corrected chi connectivity index (χ2v) is 5.42. The van der Waals surface area contributed by atoms with Gasteiger partial charge in [0.1, 0.15) is 12.1 Å². The zero-order valence-corrected chi connectivity index (χ0v) is 10.4. The lowest BCUT2D eigenvalue weighted by Crippen LogP contribution is -2.51. The topological polar surface area (TPSA) is 45.1 Å². The number of hydrogen-bond donors (Lipinski definition) is 1. The quantitative estimate of drug-likeness (QED) is 0.783. The molecule has 0 bridgehead atoms. The summed E-state index contributed by atoms with van der Waals surface area (Å²) < 4.78 is 45.1. The summed E-state index contributed by atoms with van der Waals surface area (Å²) in [5, 5.41) is 9.61. The Morgan fingerprint density at radius 2 is 2.00 bits per heavy atom. The van der Waals surface area contributed by atoms with Gasteiger partial charge in [-0.1, -0.05) is 0 Å². The van der Waals surface area contributed by atoms with Crippen LogP contribution >= 0.6 is 0 Å². The molecular weight excluding hydrogens is 261 g/mol. The maximum absolute atomic E-state index is 14.0. The van der Waals surface area contributed by atoms with E-state index in [0.29, 0.717) is 6.02 Å². The van der Waals surface area contributed by atoms with E-state index in [1.54, 1.807) is 0 Å². The monoisotopic (exact) mass is 278 g/mol. The Labute approximate surface area is 109 Å². The van der Waals surface area contributed by atoms with Crippen LogP contribution in [-0.4, -0.2) is 60.0 Å². The molecule has 1 saturated carbocycles. The van der Waals surface area contributed by atoms with Gasteiger partial charge in [-0.15, -0.1) is 0 Å². The van der Waals surface area contributed by atoms with Gasteiger partial charge < -0.3 is 14.7 Å². The Hall–Kier alpha value is -0.980. The van der Waals surface area contributed by atoms with Gasteiger partial charge in [-0.25, -0.2) is 18.2 Å². The molecule has 5 atom stereocenters. The number of alkyl halides is 3. The van der Waals surface area contributed by atoms with E-state index in [9.17, 15) is 18.3 Å². The molecule has 0 radical (unpaired) electrons. The number of hydrogen-bond acceptors (Lipinski definition) is 4. The maximum atomic E-state index is 14.0. The number of rotatable bonds is 1. The molecule has 2 heterocycles. The first kappa shape index (κ1) is 13.0. The molecule has 0 aromatic carbocycles. The SMILES string of the molecule is O[C@H]1[C@@H](F)[C@H]2N=C(N3CCCC3)O[C@H]2C[C@@H]1C(F)F. The van der Waals surface area contributed by atoms with Gasteiger partial charge in [0.2, 0.25) is 6.43 Å². The van der Waals surface area contributed by atoms with Gasteiger partial charge in [0.05, 0.1) is 12.0 Å². The summed E-state index contributed by atoms with van der Waals surface area (Å²) in [4.78, 5) is 6.07. The van der Waals surface area contributed by atoms with Crippen LogP contribution in [0.2, 0.25) is 0 Å². The Morgan fingerprint density at radius 3 is 2.63 bits per heavy atom. The first-order valence-corrected chi connectivity index (χ1v) is 6.67. The Morgan fingerprint density at radius 1 is 1.32 bits per heavy atom. The summed E-state index contributed by atoms with van der Waals surface area (Å²) in [5.74, 6) is -1.37. The fourth-order valence-corrected chi connectivity index (χ4v) is 3.07. The highest BCUT2D eigenvalue weighted by Crippen LogP contribution is 2.38. The average molecular weight is 278 g/mol. The first-order chi connectivity index (χ1) is 9.08. The van der Waals surface area contributed by atoms with Crippen LogP contribution in [-0.2, 0) is 4.74 Å². The number of ether oxygens (including phenoxy) is 1. The van der Waals surface area contributed by atoms with Gasteiger partial charge in [-0.3, -0.25) is 0 Å². The molecule has 1 N–H and O–H groups in total. The van der Waals surface area contributed by atoms with Crippen LogP contribution in [0.25, 0.3) is 0 Å². The van der Waals surface area contributed by atoms with Crippen LogP contribution in [0.1, 0.15) is 19.3 Å². The standard InChI is InChI=1S/C12H17F3N2O2/c13-8-9-7(5-6(10(8)18)11(14)15)19-12(16-9)17-3-1-2-4-17/h6-11,18H,1-5H2/t6-,7-,8-,9-,10+/m0/s1. The fraction of sp³-hybridized carbons (Fsp3) is 0.917. The normalized spacial score (nSPS) is 42.3. The maximum Gasteiger partial charge on any atom is 0.288 e. The molecule has 2 aliphatic heterocycles. The average Bonchev–Trinajstić information content (AvgIpc) is 3.01. The second-order valence-electron chi connectivity index (χ2n) is 5.42. The lowest BCUT2D eigenvalue weighted by Gasteiger charge is -2.35. The van der Waals surface area contributed by atoms with E-state index in [1.165, 1.54) is 0 Å². The van der Waals surface area contributed by atoms with Crippen LogP contribution in [0.5, 0.6) is 0 Å². The van der Waals surface area contributed by atoms with Crippen LogP contribution in [0.3, 0.4) is 0 Å². The molecule has 3 aliphatic rings. The summed E-state index contributed by atoms with van der Waals surface area (Å²) in [5.41, 5.74) is 0. The number of likely N-dealkylation sites (tertiary alicyclic amines) is 1. The highest BCUT2D eigenvalue weighted by Gasteiger charge is 2.52. The van der Waals surface area contributed by atoms with E-state index in [0.717, 1.165) is 25.9 Å². The van der Waals surface area contributed by atoms with Gasteiger partial charge in [0.15, 0.2) is 6.17 Å². The molecule has 0 unspecified atom stereocenters. The Bertz CT molecular complexity index is 374. The summed E-state index contributed by atoms with van der Waals surface area (Å²) in [7, 11) is 0. The zero-order valence-electron chi connectivity index (χ0n) is 10.4. The molecule has 3 rings (SSSR count). The number of aliphatic hydroxyl groups is 1. The fourth-order valence-electron chi connectivity index (χ4n) is 3.07. The van der Waals surface area contributed by atoms with Crippen LogP contribution < -0.4 is 0 Å². The van der Waals surface area contributed by atoms with E-state index >= 15 is 0 Å². The van der Waals surface area contributed by atoms with Crippen molar-refractivity contribution in [2.45, 2.75) is 50.1 Å². The van der Waals surface area contributed by atoms with Crippen LogP contribution in [0.4, 0.5) is 13.2 Å². The summed E-state index contributed by atoms with van der Waals surface area (Å²) >= 11 is 0. The molecular formula is C12H17F3N2O2. The zero-order chi connectivity index (χ0) is 13.6. The number of aliphatic hydroxyl groups excluding tert-OH is 1. The van der Waals surface area contributed by atoms with Gasteiger partial charge in [-0.05, 0) is 19.3 Å². The minimum atomic E-state index is -2.74. The van der Waals surface area contributed by atoms with Crippen molar-refractivity contribution in [1.29, 1.82) is 0 Å².